The minimum atomic E-state index is -0.895. The SMILES string of the molecule is Cc1nc(C)c(CNc2ccc(Cl)c(CS(C)=O)c2)s1. The van der Waals surface area contributed by atoms with Crippen LogP contribution >= 0.6 is 22.9 Å². The van der Waals surface area contributed by atoms with Crippen LogP contribution in [0.1, 0.15) is 21.1 Å². The molecule has 2 aromatic rings. The molecule has 0 aliphatic rings. The summed E-state index contributed by atoms with van der Waals surface area (Å²) in [5, 5.41) is 5.11. The van der Waals surface area contributed by atoms with Crippen molar-refractivity contribution in [2.45, 2.75) is 26.1 Å². The van der Waals surface area contributed by atoms with Crippen LogP contribution in [0.15, 0.2) is 18.2 Å². The van der Waals surface area contributed by atoms with Gasteiger partial charge in [0.2, 0.25) is 0 Å². The summed E-state index contributed by atoms with van der Waals surface area (Å²) >= 11 is 7.82. The van der Waals surface area contributed by atoms with E-state index in [0.29, 0.717) is 10.8 Å². The van der Waals surface area contributed by atoms with Crippen LogP contribution in [0.25, 0.3) is 0 Å². The zero-order chi connectivity index (χ0) is 14.7. The molecule has 0 amide bonds. The molecule has 0 saturated carbocycles. The van der Waals surface area contributed by atoms with Gasteiger partial charge >= 0.3 is 0 Å². The van der Waals surface area contributed by atoms with Crippen molar-refractivity contribution in [1.29, 1.82) is 0 Å². The second-order valence-corrected chi connectivity index (χ2v) is 7.75. The molecule has 0 fully saturated rings. The van der Waals surface area contributed by atoms with Crippen LogP contribution in [-0.2, 0) is 23.1 Å². The average molecular weight is 329 g/mol. The van der Waals surface area contributed by atoms with E-state index >= 15 is 0 Å². The minimum Gasteiger partial charge on any atom is -0.380 e. The topological polar surface area (TPSA) is 42.0 Å². The highest BCUT2D eigenvalue weighted by molar-refractivity contribution is 7.83. The van der Waals surface area contributed by atoms with Crippen LogP contribution in [0, 0.1) is 13.8 Å². The highest BCUT2D eigenvalue weighted by atomic mass is 35.5. The Balaban J connectivity index is 2.10. The molecule has 0 saturated heterocycles. The predicted octanol–water partition coefficient (Wildman–Crippen LogP) is 3.90. The van der Waals surface area contributed by atoms with Crippen molar-refractivity contribution in [3.05, 3.63) is 44.4 Å². The lowest BCUT2D eigenvalue weighted by Gasteiger charge is -2.09. The number of aromatic nitrogens is 1. The van der Waals surface area contributed by atoms with E-state index in [2.05, 4.69) is 10.3 Å². The number of aryl methyl sites for hydroxylation is 2. The maximum absolute atomic E-state index is 11.3. The van der Waals surface area contributed by atoms with Gasteiger partial charge in [-0.2, -0.15) is 0 Å². The zero-order valence-corrected chi connectivity index (χ0v) is 14.1. The molecule has 0 aliphatic carbocycles. The van der Waals surface area contributed by atoms with E-state index in [9.17, 15) is 4.21 Å². The molecule has 1 aromatic carbocycles. The van der Waals surface area contributed by atoms with E-state index in [1.165, 1.54) is 4.88 Å². The molecule has 0 spiro atoms. The van der Waals surface area contributed by atoms with Gasteiger partial charge in [0, 0.05) is 38.4 Å². The van der Waals surface area contributed by atoms with Crippen LogP contribution in [0.4, 0.5) is 5.69 Å². The third-order valence-corrected chi connectivity index (χ3v) is 5.02. The number of benzene rings is 1. The second kappa shape index (κ2) is 6.70. The molecule has 20 heavy (non-hydrogen) atoms. The number of hydrogen-bond donors (Lipinski definition) is 1. The summed E-state index contributed by atoms with van der Waals surface area (Å²) in [4.78, 5) is 5.65. The summed E-state index contributed by atoms with van der Waals surface area (Å²) in [5.74, 6) is 0.479. The zero-order valence-electron chi connectivity index (χ0n) is 11.7. The Kier molecular flexibility index (Phi) is 5.18. The minimum absolute atomic E-state index is 0.479. The lowest BCUT2D eigenvalue weighted by atomic mass is 10.2. The first-order chi connectivity index (χ1) is 9.45. The van der Waals surface area contributed by atoms with Crippen molar-refractivity contribution in [3.63, 3.8) is 0 Å². The van der Waals surface area contributed by atoms with Gasteiger partial charge in [-0.3, -0.25) is 4.21 Å². The summed E-state index contributed by atoms with van der Waals surface area (Å²) in [5.41, 5.74) is 2.97. The van der Waals surface area contributed by atoms with E-state index in [1.54, 1.807) is 17.6 Å². The molecule has 0 aliphatic heterocycles. The van der Waals surface area contributed by atoms with Crippen LogP contribution in [-0.4, -0.2) is 15.4 Å². The van der Waals surface area contributed by atoms with E-state index in [4.69, 9.17) is 11.6 Å². The van der Waals surface area contributed by atoms with Gasteiger partial charge in [-0.1, -0.05) is 11.6 Å². The van der Waals surface area contributed by atoms with Gasteiger partial charge in [-0.15, -0.1) is 11.3 Å². The standard InChI is InChI=1S/C14H17ClN2OS2/c1-9-14(19-10(2)17-9)7-16-12-4-5-13(15)11(6-12)8-20(3)18/h4-6,16H,7-8H2,1-3H3. The van der Waals surface area contributed by atoms with E-state index in [-0.39, 0.29) is 0 Å². The van der Waals surface area contributed by atoms with Crippen molar-refractivity contribution < 1.29 is 4.21 Å². The number of halogens is 1. The lowest BCUT2D eigenvalue weighted by Crippen LogP contribution is -2.01. The van der Waals surface area contributed by atoms with E-state index in [1.807, 2.05) is 32.0 Å². The van der Waals surface area contributed by atoms with Gasteiger partial charge in [0.1, 0.15) is 0 Å². The van der Waals surface area contributed by atoms with E-state index < -0.39 is 10.8 Å². The van der Waals surface area contributed by atoms with Crippen molar-refractivity contribution in [1.82, 2.24) is 4.98 Å². The molecule has 1 N–H and O–H groups in total. The Hall–Kier alpha value is -0.910. The highest BCUT2D eigenvalue weighted by Gasteiger charge is 2.07. The van der Waals surface area contributed by atoms with Gasteiger partial charge in [-0.25, -0.2) is 4.98 Å². The monoisotopic (exact) mass is 328 g/mol. The molecule has 0 radical (unpaired) electrons. The third-order valence-electron chi connectivity index (χ3n) is 2.86. The number of thiazole rings is 1. The fourth-order valence-electron chi connectivity index (χ4n) is 1.93. The third kappa shape index (κ3) is 4.04. The van der Waals surface area contributed by atoms with Crippen LogP contribution < -0.4 is 5.32 Å². The van der Waals surface area contributed by atoms with Crippen molar-refractivity contribution in [2.24, 2.45) is 0 Å². The first-order valence-corrected chi connectivity index (χ1v) is 9.13. The van der Waals surface area contributed by atoms with Crippen LogP contribution in [0.3, 0.4) is 0 Å². The summed E-state index contributed by atoms with van der Waals surface area (Å²) in [6, 6.07) is 5.75. The van der Waals surface area contributed by atoms with Gasteiger partial charge in [0.15, 0.2) is 0 Å². The van der Waals surface area contributed by atoms with Crippen molar-refractivity contribution in [2.75, 3.05) is 11.6 Å². The first-order valence-electron chi connectivity index (χ1n) is 6.21. The molecular formula is C14H17ClN2OS2. The Morgan fingerprint density at radius 1 is 1.40 bits per heavy atom. The van der Waals surface area contributed by atoms with Gasteiger partial charge in [0.25, 0.3) is 0 Å². The first kappa shape index (κ1) is 15.5. The van der Waals surface area contributed by atoms with Crippen molar-refractivity contribution in [3.8, 4) is 0 Å². The second-order valence-electron chi connectivity index (χ2n) is 4.62. The quantitative estimate of drug-likeness (QED) is 0.905. The van der Waals surface area contributed by atoms with Crippen LogP contribution in [0.5, 0.6) is 0 Å². The number of hydrogen-bond acceptors (Lipinski definition) is 4. The highest BCUT2D eigenvalue weighted by Crippen LogP contribution is 2.23. The Morgan fingerprint density at radius 3 is 2.75 bits per heavy atom. The molecule has 3 nitrogen and oxygen atoms in total. The Morgan fingerprint density at radius 2 is 2.15 bits per heavy atom. The Bertz CT molecular complexity index is 640. The molecule has 2 rings (SSSR count). The van der Waals surface area contributed by atoms with Crippen molar-refractivity contribution >= 4 is 39.4 Å². The molecule has 0 bridgehead atoms. The molecule has 1 atom stereocenters. The summed E-state index contributed by atoms with van der Waals surface area (Å²) in [6.07, 6.45) is 1.68. The number of rotatable bonds is 5. The van der Waals surface area contributed by atoms with E-state index in [0.717, 1.165) is 28.5 Å². The number of nitrogens with one attached hydrogen (secondary N) is 1. The smallest absolute Gasteiger partial charge is 0.0900 e. The fourth-order valence-corrected chi connectivity index (χ4v) is 3.75. The largest absolute Gasteiger partial charge is 0.380 e. The summed E-state index contributed by atoms with van der Waals surface area (Å²) < 4.78 is 11.3. The predicted molar refractivity (Wildman–Crippen MR) is 88.1 cm³/mol. The molecule has 6 heteroatoms. The Labute approximate surface area is 130 Å². The molecular weight excluding hydrogens is 312 g/mol. The summed E-state index contributed by atoms with van der Waals surface area (Å²) in [7, 11) is -0.895. The maximum Gasteiger partial charge on any atom is 0.0900 e. The molecule has 1 heterocycles. The number of nitrogens with zero attached hydrogens (tertiary/aromatic N) is 1. The van der Waals surface area contributed by atoms with Gasteiger partial charge in [0.05, 0.1) is 17.2 Å². The normalized spacial score (nSPS) is 12.4. The molecule has 1 unspecified atom stereocenters. The fraction of sp³-hybridized carbons (Fsp3) is 0.357. The maximum atomic E-state index is 11.3. The number of anilines is 1. The van der Waals surface area contributed by atoms with Crippen LogP contribution in [0.2, 0.25) is 5.02 Å². The molecule has 1 aromatic heterocycles. The lowest BCUT2D eigenvalue weighted by molar-refractivity contribution is 0.686. The average Bonchev–Trinajstić information content (AvgIpc) is 2.68. The molecule has 108 valence electrons. The summed E-state index contributed by atoms with van der Waals surface area (Å²) in [6.45, 7) is 4.78. The van der Waals surface area contributed by atoms with Gasteiger partial charge < -0.3 is 5.32 Å². The van der Waals surface area contributed by atoms with Gasteiger partial charge in [-0.05, 0) is 37.6 Å².